The lowest BCUT2D eigenvalue weighted by molar-refractivity contribution is 0.370. The summed E-state index contributed by atoms with van der Waals surface area (Å²) in [5.41, 5.74) is 1.46. The smallest absolute Gasteiger partial charge is 0.0241 e. The van der Waals surface area contributed by atoms with Gasteiger partial charge in [-0.25, -0.2) is 0 Å². The van der Waals surface area contributed by atoms with Crippen LogP contribution >= 0.6 is 15.9 Å². The van der Waals surface area contributed by atoms with Gasteiger partial charge in [-0.3, -0.25) is 4.90 Å². The van der Waals surface area contributed by atoms with Crippen LogP contribution in [-0.4, -0.2) is 24.5 Å². The summed E-state index contributed by atoms with van der Waals surface area (Å²) in [4.78, 5) is 2.53. The number of halogens is 1. The van der Waals surface area contributed by atoms with Crippen LogP contribution in [0, 0.1) is 6.42 Å². The molecule has 1 nitrogen and oxygen atoms in total. The monoisotopic (exact) mass is 240 g/mol. The van der Waals surface area contributed by atoms with Gasteiger partial charge in [0.2, 0.25) is 0 Å². The highest BCUT2D eigenvalue weighted by Crippen LogP contribution is 2.25. The molecule has 0 N–H and O–H groups in total. The molecule has 0 amide bonds. The molecule has 0 saturated carbocycles. The van der Waals surface area contributed by atoms with Crippen molar-refractivity contribution >= 4 is 15.9 Å². The largest absolute Gasteiger partial charge is 0.299 e. The molecule has 0 aromatic rings. The number of hydrogen-bond acceptors (Lipinski definition) is 1. The van der Waals surface area contributed by atoms with E-state index in [4.69, 9.17) is 0 Å². The fraction of sp³-hybridized carbons (Fsp3) is 0.545. The molecule has 0 atom stereocenters. The summed E-state index contributed by atoms with van der Waals surface area (Å²) < 4.78 is 1.27. The third kappa shape index (κ3) is 2.44. The van der Waals surface area contributed by atoms with E-state index in [0.29, 0.717) is 0 Å². The molecule has 0 spiro atoms. The Bertz CT molecular complexity index is 236. The average molecular weight is 241 g/mol. The highest BCUT2D eigenvalue weighted by Gasteiger charge is 2.15. The van der Waals surface area contributed by atoms with E-state index in [1.807, 2.05) is 0 Å². The van der Waals surface area contributed by atoms with Crippen molar-refractivity contribution in [3.63, 3.8) is 0 Å². The molecule has 0 bridgehead atoms. The van der Waals surface area contributed by atoms with Crippen molar-refractivity contribution in [3.8, 4) is 0 Å². The molecule has 2 aliphatic rings. The summed E-state index contributed by atoms with van der Waals surface area (Å²) in [6.07, 6.45) is 10.5. The molecule has 2 rings (SSSR count). The third-order valence-corrected chi connectivity index (χ3v) is 3.44. The van der Waals surface area contributed by atoms with E-state index in [0.717, 1.165) is 13.0 Å². The SMILES string of the molecule is BrC1=C[CH]CC=C1CN1CCCC1. The molecule has 1 aliphatic heterocycles. The van der Waals surface area contributed by atoms with Crippen molar-refractivity contribution in [3.05, 3.63) is 28.6 Å². The second-order valence-electron chi connectivity index (χ2n) is 3.70. The Morgan fingerprint density at radius 1 is 1.31 bits per heavy atom. The van der Waals surface area contributed by atoms with Crippen LogP contribution < -0.4 is 0 Å². The first kappa shape index (κ1) is 9.47. The molecular formula is C11H15BrN. The van der Waals surface area contributed by atoms with Gasteiger partial charge in [0, 0.05) is 11.0 Å². The van der Waals surface area contributed by atoms with Crippen LogP contribution in [0.2, 0.25) is 0 Å². The predicted octanol–water partition coefficient (Wildman–Crippen LogP) is 2.90. The number of nitrogens with zero attached hydrogens (tertiary/aromatic N) is 1. The fourth-order valence-corrected chi connectivity index (χ4v) is 2.38. The molecule has 0 aromatic heterocycles. The maximum atomic E-state index is 3.60. The van der Waals surface area contributed by atoms with Gasteiger partial charge < -0.3 is 0 Å². The molecule has 1 radical (unpaired) electrons. The predicted molar refractivity (Wildman–Crippen MR) is 59.7 cm³/mol. The van der Waals surface area contributed by atoms with Gasteiger partial charge in [-0.1, -0.05) is 28.1 Å². The van der Waals surface area contributed by atoms with E-state index < -0.39 is 0 Å². The maximum Gasteiger partial charge on any atom is 0.0241 e. The van der Waals surface area contributed by atoms with Crippen molar-refractivity contribution in [1.82, 2.24) is 4.90 Å². The zero-order valence-electron chi connectivity index (χ0n) is 7.80. The molecule has 1 fully saturated rings. The quantitative estimate of drug-likeness (QED) is 0.718. The van der Waals surface area contributed by atoms with Crippen LogP contribution in [0.5, 0.6) is 0 Å². The minimum absolute atomic E-state index is 1.10. The lowest BCUT2D eigenvalue weighted by Crippen LogP contribution is -2.22. The van der Waals surface area contributed by atoms with Gasteiger partial charge in [-0.05, 0) is 44.3 Å². The van der Waals surface area contributed by atoms with Gasteiger partial charge in [0.1, 0.15) is 0 Å². The van der Waals surface area contributed by atoms with Crippen LogP contribution in [-0.2, 0) is 0 Å². The molecule has 2 heteroatoms. The molecular weight excluding hydrogens is 226 g/mol. The maximum absolute atomic E-state index is 3.60. The molecule has 1 heterocycles. The van der Waals surface area contributed by atoms with E-state index in [-0.39, 0.29) is 0 Å². The highest BCUT2D eigenvalue weighted by atomic mass is 79.9. The van der Waals surface area contributed by atoms with Crippen molar-refractivity contribution in [1.29, 1.82) is 0 Å². The number of hydrogen-bond donors (Lipinski definition) is 0. The van der Waals surface area contributed by atoms with Crippen molar-refractivity contribution in [2.75, 3.05) is 19.6 Å². The molecule has 0 aromatic carbocycles. The molecule has 13 heavy (non-hydrogen) atoms. The van der Waals surface area contributed by atoms with E-state index in [9.17, 15) is 0 Å². The van der Waals surface area contributed by atoms with Crippen LogP contribution in [0.3, 0.4) is 0 Å². The lowest BCUT2D eigenvalue weighted by Gasteiger charge is -2.18. The number of likely N-dealkylation sites (tertiary alicyclic amines) is 1. The van der Waals surface area contributed by atoms with Crippen LogP contribution in [0.15, 0.2) is 22.2 Å². The van der Waals surface area contributed by atoms with Gasteiger partial charge in [-0.15, -0.1) is 0 Å². The first-order valence-corrected chi connectivity index (χ1v) is 5.76. The van der Waals surface area contributed by atoms with Crippen LogP contribution in [0.4, 0.5) is 0 Å². The van der Waals surface area contributed by atoms with Crippen LogP contribution in [0.1, 0.15) is 19.3 Å². The average Bonchev–Trinajstić information content (AvgIpc) is 2.61. The van der Waals surface area contributed by atoms with E-state index in [1.165, 1.54) is 36.0 Å². The standard InChI is InChI=1S/C11H15BrN/c12-11-6-2-1-5-10(11)9-13-7-3-4-8-13/h2,5-6H,1,3-4,7-9H2. The Kier molecular flexibility index (Phi) is 3.23. The van der Waals surface area contributed by atoms with E-state index >= 15 is 0 Å². The lowest BCUT2D eigenvalue weighted by atomic mass is 10.1. The zero-order valence-corrected chi connectivity index (χ0v) is 9.39. The van der Waals surface area contributed by atoms with Gasteiger partial charge in [0.05, 0.1) is 0 Å². The minimum Gasteiger partial charge on any atom is -0.299 e. The Morgan fingerprint density at radius 2 is 2.08 bits per heavy atom. The van der Waals surface area contributed by atoms with Gasteiger partial charge in [-0.2, -0.15) is 0 Å². The number of allylic oxidation sites excluding steroid dienone is 2. The summed E-state index contributed by atoms with van der Waals surface area (Å²) in [7, 11) is 0. The van der Waals surface area contributed by atoms with E-state index in [2.05, 4.69) is 39.4 Å². The van der Waals surface area contributed by atoms with E-state index in [1.54, 1.807) is 0 Å². The van der Waals surface area contributed by atoms with Crippen molar-refractivity contribution in [2.45, 2.75) is 19.3 Å². The minimum atomic E-state index is 1.10. The van der Waals surface area contributed by atoms with Crippen molar-refractivity contribution in [2.24, 2.45) is 0 Å². The first-order chi connectivity index (χ1) is 6.36. The first-order valence-electron chi connectivity index (χ1n) is 4.97. The third-order valence-electron chi connectivity index (χ3n) is 2.66. The fourth-order valence-electron chi connectivity index (χ4n) is 1.91. The molecule has 1 saturated heterocycles. The summed E-state index contributed by atoms with van der Waals surface area (Å²) in [6, 6.07) is 0. The number of rotatable bonds is 2. The summed E-state index contributed by atoms with van der Waals surface area (Å²) in [6.45, 7) is 3.69. The normalized spacial score (nSPS) is 24.4. The molecule has 0 unspecified atom stereocenters. The van der Waals surface area contributed by atoms with Crippen LogP contribution in [0.25, 0.3) is 0 Å². The van der Waals surface area contributed by atoms with Gasteiger partial charge in [0.15, 0.2) is 0 Å². The topological polar surface area (TPSA) is 3.24 Å². The Balaban J connectivity index is 1.93. The zero-order chi connectivity index (χ0) is 9.10. The molecule has 71 valence electrons. The highest BCUT2D eigenvalue weighted by molar-refractivity contribution is 9.12. The second kappa shape index (κ2) is 4.43. The van der Waals surface area contributed by atoms with Crippen molar-refractivity contribution < 1.29 is 0 Å². The second-order valence-corrected chi connectivity index (χ2v) is 4.55. The Morgan fingerprint density at radius 3 is 2.77 bits per heavy atom. The van der Waals surface area contributed by atoms with Gasteiger partial charge in [0.25, 0.3) is 0 Å². The Hall–Kier alpha value is -0.0800. The Labute approximate surface area is 88.6 Å². The summed E-state index contributed by atoms with van der Waals surface area (Å²) in [5.74, 6) is 0. The van der Waals surface area contributed by atoms with Gasteiger partial charge >= 0.3 is 0 Å². The summed E-state index contributed by atoms with van der Waals surface area (Å²) in [5, 5.41) is 0. The molecule has 1 aliphatic carbocycles. The summed E-state index contributed by atoms with van der Waals surface area (Å²) >= 11 is 3.60.